The maximum atomic E-state index is 12.1. The van der Waals surface area contributed by atoms with Gasteiger partial charge in [0.2, 0.25) is 0 Å². The Hall–Kier alpha value is -1.69. The minimum Gasteiger partial charge on any atom is -0.349 e. The first kappa shape index (κ1) is 13.7. The van der Waals surface area contributed by atoms with Crippen molar-refractivity contribution in [2.75, 3.05) is 6.54 Å². The van der Waals surface area contributed by atoms with Gasteiger partial charge in [0.25, 0.3) is 11.5 Å². The number of aryl methyl sites for hydroxylation is 1. The summed E-state index contributed by atoms with van der Waals surface area (Å²) >= 11 is 0. The van der Waals surface area contributed by atoms with E-state index in [4.69, 9.17) is 5.73 Å². The van der Waals surface area contributed by atoms with E-state index >= 15 is 0 Å². The summed E-state index contributed by atoms with van der Waals surface area (Å²) in [6.45, 7) is 4.79. The minimum absolute atomic E-state index is 0.0299. The molecular weight excluding hydrogens is 244 g/mol. The molecule has 0 bridgehead atoms. The van der Waals surface area contributed by atoms with Gasteiger partial charge in [0.1, 0.15) is 5.56 Å². The van der Waals surface area contributed by atoms with Crippen LogP contribution in [0.4, 0.5) is 0 Å². The Kier molecular flexibility index (Phi) is 3.45. The molecule has 1 aromatic heterocycles. The topological polar surface area (TPSA) is 90.0 Å². The van der Waals surface area contributed by atoms with E-state index in [1.54, 1.807) is 7.05 Å². The summed E-state index contributed by atoms with van der Waals surface area (Å²) in [6.07, 6.45) is 3.55. The second kappa shape index (κ2) is 4.77. The van der Waals surface area contributed by atoms with Crippen molar-refractivity contribution in [2.45, 2.75) is 26.3 Å². The molecule has 1 heterocycles. The zero-order valence-corrected chi connectivity index (χ0v) is 11.5. The number of nitrogens with zero attached hydrogens (tertiary/aromatic N) is 2. The van der Waals surface area contributed by atoms with E-state index in [1.165, 1.54) is 17.1 Å². The minimum atomic E-state index is -0.359. The average Bonchev–Trinajstić information content (AvgIpc) is 2.37. The Bertz CT molecular complexity index is 550. The van der Waals surface area contributed by atoms with E-state index < -0.39 is 0 Å². The summed E-state index contributed by atoms with van der Waals surface area (Å²) < 4.78 is 1.30. The van der Waals surface area contributed by atoms with Gasteiger partial charge in [-0.2, -0.15) is 0 Å². The van der Waals surface area contributed by atoms with Gasteiger partial charge in [0.15, 0.2) is 0 Å². The van der Waals surface area contributed by atoms with Crippen LogP contribution in [0.2, 0.25) is 0 Å². The van der Waals surface area contributed by atoms with E-state index in [0.29, 0.717) is 12.5 Å². The van der Waals surface area contributed by atoms with Crippen molar-refractivity contribution >= 4 is 5.91 Å². The average molecular weight is 264 g/mol. The molecule has 2 atom stereocenters. The maximum absolute atomic E-state index is 12.1. The number of carbonyl (C=O) groups excluding carboxylic acids is 1. The van der Waals surface area contributed by atoms with E-state index in [9.17, 15) is 9.59 Å². The molecule has 0 aromatic carbocycles. The highest BCUT2D eigenvalue weighted by Crippen LogP contribution is 2.45. The van der Waals surface area contributed by atoms with Crippen molar-refractivity contribution in [3.63, 3.8) is 0 Å². The van der Waals surface area contributed by atoms with Crippen molar-refractivity contribution in [3.05, 3.63) is 28.4 Å². The fourth-order valence-corrected chi connectivity index (χ4v) is 2.56. The quantitative estimate of drug-likeness (QED) is 0.796. The summed E-state index contributed by atoms with van der Waals surface area (Å²) in [4.78, 5) is 27.8. The molecule has 1 aliphatic carbocycles. The Morgan fingerprint density at radius 1 is 1.63 bits per heavy atom. The molecule has 2 unspecified atom stereocenters. The molecule has 1 saturated carbocycles. The highest BCUT2D eigenvalue weighted by atomic mass is 16.2. The summed E-state index contributed by atoms with van der Waals surface area (Å²) in [5.41, 5.74) is 5.40. The number of hydrogen-bond acceptors (Lipinski definition) is 4. The Morgan fingerprint density at radius 2 is 2.32 bits per heavy atom. The molecule has 1 aromatic rings. The third-order valence-corrected chi connectivity index (χ3v) is 4.30. The number of aromatic nitrogens is 2. The SMILES string of the molecule is Cn1cncc(C(=O)NC2CC(CN)C2(C)C)c1=O. The van der Waals surface area contributed by atoms with E-state index in [0.717, 1.165) is 6.42 Å². The van der Waals surface area contributed by atoms with Gasteiger partial charge in [-0.05, 0) is 24.3 Å². The largest absolute Gasteiger partial charge is 0.349 e. The van der Waals surface area contributed by atoms with E-state index in [-0.39, 0.29) is 28.5 Å². The monoisotopic (exact) mass is 264 g/mol. The summed E-state index contributed by atoms with van der Waals surface area (Å²) in [6, 6.07) is 0.0541. The molecule has 0 radical (unpaired) electrons. The zero-order chi connectivity index (χ0) is 14.2. The summed E-state index contributed by atoms with van der Waals surface area (Å²) in [5, 5.41) is 2.91. The Labute approximate surface area is 112 Å². The lowest BCUT2D eigenvalue weighted by Crippen LogP contribution is -2.60. The van der Waals surface area contributed by atoms with Crippen LogP contribution in [0.1, 0.15) is 30.6 Å². The van der Waals surface area contributed by atoms with Crippen LogP contribution >= 0.6 is 0 Å². The molecule has 0 spiro atoms. The van der Waals surface area contributed by atoms with Crippen LogP contribution in [-0.2, 0) is 7.05 Å². The van der Waals surface area contributed by atoms with Gasteiger partial charge in [0, 0.05) is 19.3 Å². The Balaban J connectivity index is 2.11. The predicted molar refractivity (Wildman–Crippen MR) is 71.7 cm³/mol. The van der Waals surface area contributed by atoms with E-state index in [1.807, 2.05) is 0 Å². The van der Waals surface area contributed by atoms with Crippen LogP contribution in [0, 0.1) is 11.3 Å². The first-order valence-corrected chi connectivity index (χ1v) is 6.39. The highest BCUT2D eigenvalue weighted by Gasteiger charge is 2.47. The van der Waals surface area contributed by atoms with Crippen molar-refractivity contribution in [3.8, 4) is 0 Å². The van der Waals surface area contributed by atoms with Crippen molar-refractivity contribution < 1.29 is 4.79 Å². The van der Waals surface area contributed by atoms with Gasteiger partial charge in [-0.25, -0.2) is 4.98 Å². The molecule has 1 fully saturated rings. The molecule has 6 nitrogen and oxygen atoms in total. The molecule has 19 heavy (non-hydrogen) atoms. The lowest BCUT2D eigenvalue weighted by Gasteiger charge is -2.52. The van der Waals surface area contributed by atoms with Gasteiger partial charge in [-0.3, -0.25) is 9.59 Å². The van der Waals surface area contributed by atoms with Crippen LogP contribution in [0.3, 0.4) is 0 Å². The summed E-state index contributed by atoms with van der Waals surface area (Å²) in [5.74, 6) is 0.0526. The number of nitrogens with one attached hydrogen (secondary N) is 1. The van der Waals surface area contributed by atoms with Gasteiger partial charge in [-0.15, -0.1) is 0 Å². The summed E-state index contributed by atoms with van der Waals surface area (Å²) in [7, 11) is 1.57. The molecule has 3 N–H and O–H groups in total. The molecule has 0 saturated heterocycles. The molecule has 0 aliphatic heterocycles. The molecule has 1 amide bonds. The maximum Gasteiger partial charge on any atom is 0.265 e. The third kappa shape index (κ3) is 2.28. The van der Waals surface area contributed by atoms with Gasteiger partial charge in [0.05, 0.1) is 6.33 Å². The van der Waals surface area contributed by atoms with Crippen LogP contribution < -0.4 is 16.6 Å². The number of carbonyl (C=O) groups is 1. The fraction of sp³-hybridized carbons (Fsp3) is 0.615. The second-order valence-electron chi connectivity index (χ2n) is 5.74. The number of hydrogen-bond donors (Lipinski definition) is 2. The van der Waals surface area contributed by atoms with Crippen molar-refractivity contribution in [1.29, 1.82) is 0 Å². The number of nitrogens with two attached hydrogens (primary N) is 1. The van der Waals surface area contributed by atoms with Crippen molar-refractivity contribution in [1.82, 2.24) is 14.9 Å². The van der Waals surface area contributed by atoms with Crippen LogP contribution in [0.15, 0.2) is 17.3 Å². The smallest absolute Gasteiger partial charge is 0.265 e. The van der Waals surface area contributed by atoms with Crippen LogP contribution in [0.25, 0.3) is 0 Å². The van der Waals surface area contributed by atoms with Gasteiger partial charge < -0.3 is 15.6 Å². The molecule has 1 aliphatic rings. The van der Waals surface area contributed by atoms with E-state index in [2.05, 4.69) is 24.1 Å². The van der Waals surface area contributed by atoms with Crippen LogP contribution in [0.5, 0.6) is 0 Å². The number of amides is 1. The molecule has 104 valence electrons. The molecule has 2 rings (SSSR count). The fourth-order valence-electron chi connectivity index (χ4n) is 2.56. The van der Waals surface area contributed by atoms with Gasteiger partial charge in [-0.1, -0.05) is 13.8 Å². The lowest BCUT2D eigenvalue weighted by atomic mass is 9.58. The lowest BCUT2D eigenvalue weighted by molar-refractivity contribution is 0.0199. The molecule has 6 heteroatoms. The number of rotatable bonds is 3. The second-order valence-corrected chi connectivity index (χ2v) is 5.74. The van der Waals surface area contributed by atoms with Crippen LogP contribution in [-0.4, -0.2) is 28.0 Å². The zero-order valence-electron chi connectivity index (χ0n) is 11.5. The predicted octanol–water partition coefficient (Wildman–Crippen LogP) is -0.116. The third-order valence-electron chi connectivity index (χ3n) is 4.30. The first-order valence-electron chi connectivity index (χ1n) is 6.39. The highest BCUT2D eigenvalue weighted by molar-refractivity contribution is 5.93. The Morgan fingerprint density at radius 3 is 2.89 bits per heavy atom. The normalized spacial score (nSPS) is 24.6. The van der Waals surface area contributed by atoms with Crippen molar-refractivity contribution in [2.24, 2.45) is 24.1 Å². The molecular formula is C13H20N4O2. The standard InChI is InChI=1S/C13H20N4O2/c1-13(2)8(5-14)4-10(13)16-11(18)9-6-15-7-17(3)12(9)19/h6-8,10H,4-5,14H2,1-3H3,(H,16,18). The van der Waals surface area contributed by atoms with Gasteiger partial charge >= 0.3 is 0 Å². The first-order chi connectivity index (χ1) is 8.87.